The van der Waals surface area contributed by atoms with Crippen LogP contribution in [0.1, 0.15) is 26.2 Å². The van der Waals surface area contributed by atoms with E-state index in [2.05, 4.69) is 11.9 Å². The average molecular weight is 438 g/mol. The monoisotopic (exact) mass is 438 g/mol. The lowest BCUT2D eigenvalue weighted by molar-refractivity contribution is -0.147. The van der Waals surface area contributed by atoms with Crippen LogP contribution in [-0.4, -0.2) is 44.2 Å². The smallest absolute Gasteiger partial charge is 0.255 e. The van der Waals surface area contributed by atoms with E-state index < -0.39 is 57.8 Å². The number of hydrogen-bond donors (Lipinski definition) is 5. The molecule has 0 bridgehead atoms. The van der Waals surface area contributed by atoms with Crippen LogP contribution < -0.4 is 11.1 Å². The van der Waals surface area contributed by atoms with Crippen molar-refractivity contribution in [2.24, 2.45) is 17.6 Å². The topological polar surface area (TPSA) is 167 Å². The molecule has 4 aliphatic rings. The molecule has 0 aromatic rings. The van der Waals surface area contributed by atoms with Gasteiger partial charge in [0.05, 0.1) is 5.57 Å². The Labute approximate surface area is 183 Å². The third-order valence-corrected chi connectivity index (χ3v) is 6.62. The number of aliphatic hydroxyl groups is 3. The van der Waals surface area contributed by atoms with Gasteiger partial charge in [-0.05, 0) is 43.5 Å². The lowest BCUT2D eigenvalue weighted by Gasteiger charge is -2.46. The highest BCUT2D eigenvalue weighted by Crippen LogP contribution is 2.52. The molecule has 0 spiro atoms. The van der Waals surface area contributed by atoms with Gasteiger partial charge in [0, 0.05) is 29.2 Å². The Hall–Kier alpha value is -3.72. The van der Waals surface area contributed by atoms with Crippen molar-refractivity contribution in [3.8, 4) is 0 Å². The zero-order chi connectivity index (χ0) is 23.5. The van der Waals surface area contributed by atoms with Crippen molar-refractivity contribution in [1.29, 1.82) is 0 Å². The fourth-order valence-electron chi connectivity index (χ4n) is 5.19. The van der Waals surface area contributed by atoms with Crippen LogP contribution in [0.2, 0.25) is 0 Å². The van der Waals surface area contributed by atoms with E-state index in [0.29, 0.717) is 11.3 Å². The van der Waals surface area contributed by atoms with Gasteiger partial charge in [-0.15, -0.1) is 0 Å². The summed E-state index contributed by atoms with van der Waals surface area (Å²) >= 11 is 0. The van der Waals surface area contributed by atoms with E-state index in [0.717, 1.165) is 0 Å². The van der Waals surface area contributed by atoms with E-state index in [-0.39, 0.29) is 36.0 Å². The first kappa shape index (κ1) is 21.5. The quantitative estimate of drug-likeness (QED) is 0.319. The number of nitrogens with two attached hydrogens (primary N) is 1. The van der Waals surface area contributed by atoms with Crippen LogP contribution in [0.5, 0.6) is 0 Å². The fraction of sp³-hybridized carbons (Fsp3) is 0.304. The molecule has 0 heterocycles. The Morgan fingerprint density at radius 3 is 2.56 bits per heavy atom. The zero-order valence-corrected chi connectivity index (χ0v) is 17.3. The molecule has 4 rings (SSSR count). The summed E-state index contributed by atoms with van der Waals surface area (Å²) in [6, 6.07) is 0. The second kappa shape index (κ2) is 7.16. The minimum Gasteiger partial charge on any atom is -0.508 e. The molecule has 9 nitrogen and oxygen atoms in total. The second-order valence-corrected chi connectivity index (χ2v) is 8.24. The number of nitrogens with one attached hydrogen (secondary N) is 1. The lowest BCUT2D eigenvalue weighted by atomic mass is 9.59. The summed E-state index contributed by atoms with van der Waals surface area (Å²) in [7, 11) is 0. The Balaban J connectivity index is 1.90. The first-order valence-corrected chi connectivity index (χ1v) is 10.1. The Bertz CT molecular complexity index is 1180. The van der Waals surface area contributed by atoms with Crippen molar-refractivity contribution in [1.82, 2.24) is 5.32 Å². The van der Waals surface area contributed by atoms with Crippen molar-refractivity contribution in [2.45, 2.75) is 31.8 Å². The number of hydrogen-bond acceptors (Lipinski definition) is 8. The summed E-state index contributed by atoms with van der Waals surface area (Å²) in [5.74, 6) is -6.83. The molecular weight excluding hydrogens is 416 g/mol. The van der Waals surface area contributed by atoms with Gasteiger partial charge < -0.3 is 26.4 Å². The number of aliphatic hydroxyl groups excluding tert-OH is 2. The van der Waals surface area contributed by atoms with Gasteiger partial charge in [0.25, 0.3) is 5.91 Å². The number of fused-ring (bicyclic) bond motifs is 2. The first-order chi connectivity index (χ1) is 15.1. The van der Waals surface area contributed by atoms with Crippen LogP contribution in [-0.2, 0) is 19.2 Å². The van der Waals surface area contributed by atoms with Crippen LogP contribution in [0.4, 0.5) is 0 Å². The summed E-state index contributed by atoms with van der Waals surface area (Å²) in [6.45, 7) is 5.25. The molecule has 1 amide bonds. The molecule has 4 aliphatic carbocycles. The first-order valence-electron chi connectivity index (χ1n) is 10.1. The van der Waals surface area contributed by atoms with Gasteiger partial charge in [0.1, 0.15) is 17.1 Å². The van der Waals surface area contributed by atoms with Gasteiger partial charge in [-0.25, -0.2) is 0 Å². The van der Waals surface area contributed by atoms with E-state index in [9.17, 15) is 34.5 Å². The largest absolute Gasteiger partial charge is 0.508 e. The normalized spacial score (nSPS) is 31.2. The summed E-state index contributed by atoms with van der Waals surface area (Å²) < 4.78 is 0. The van der Waals surface area contributed by atoms with E-state index >= 15 is 0 Å². The van der Waals surface area contributed by atoms with Gasteiger partial charge in [-0.3, -0.25) is 19.2 Å². The molecule has 0 aliphatic heterocycles. The average Bonchev–Trinajstić information content (AvgIpc) is 2.70. The Morgan fingerprint density at radius 2 is 1.97 bits per heavy atom. The minimum absolute atomic E-state index is 0.0557. The number of ketones is 3. The molecule has 3 atom stereocenters. The predicted molar refractivity (Wildman–Crippen MR) is 112 cm³/mol. The van der Waals surface area contributed by atoms with E-state index in [1.54, 1.807) is 19.1 Å². The predicted octanol–water partition coefficient (Wildman–Crippen LogP) is 0.851. The summed E-state index contributed by atoms with van der Waals surface area (Å²) in [5, 5.41) is 35.6. The number of primary amides is 1. The van der Waals surface area contributed by atoms with E-state index in [1.165, 1.54) is 6.20 Å². The second-order valence-electron chi connectivity index (χ2n) is 8.24. The highest BCUT2D eigenvalue weighted by molar-refractivity contribution is 6.23. The maximum absolute atomic E-state index is 13.4. The van der Waals surface area contributed by atoms with E-state index in [4.69, 9.17) is 5.73 Å². The van der Waals surface area contributed by atoms with Crippen molar-refractivity contribution in [3.63, 3.8) is 0 Å². The number of Topliss-reactive ketones (excluding diaryl/α,β-unsaturated/α-hetero) is 3. The van der Waals surface area contributed by atoms with Gasteiger partial charge >= 0.3 is 0 Å². The molecule has 0 radical (unpaired) electrons. The summed E-state index contributed by atoms with van der Waals surface area (Å²) in [4.78, 5) is 50.5. The SMILES string of the molecule is C=CNC1=CC2=C(C(=O)/C1=C/C)C(O)=C1C(=O)[C@]3(O)C(O)=C(C(N)=O)C(=O)C[C@@H]3CC1C2. The van der Waals surface area contributed by atoms with Crippen molar-refractivity contribution < 1.29 is 34.5 Å². The molecule has 0 saturated heterocycles. The molecule has 1 saturated carbocycles. The third-order valence-electron chi connectivity index (χ3n) is 6.62. The molecule has 0 aromatic heterocycles. The van der Waals surface area contributed by atoms with Crippen LogP contribution in [0.3, 0.4) is 0 Å². The van der Waals surface area contributed by atoms with Crippen molar-refractivity contribution in [2.75, 3.05) is 0 Å². The highest BCUT2D eigenvalue weighted by Gasteiger charge is 2.60. The zero-order valence-electron chi connectivity index (χ0n) is 17.3. The maximum Gasteiger partial charge on any atom is 0.255 e. The molecular formula is C23H22N2O7. The van der Waals surface area contributed by atoms with E-state index in [1.807, 2.05) is 0 Å². The third kappa shape index (κ3) is 2.67. The summed E-state index contributed by atoms with van der Waals surface area (Å²) in [6.07, 6.45) is 4.59. The molecule has 6 N–H and O–H groups in total. The van der Waals surface area contributed by atoms with Crippen LogP contribution in [0, 0.1) is 11.8 Å². The highest BCUT2D eigenvalue weighted by atomic mass is 16.3. The van der Waals surface area contributed by atoms with Crippen molar-refractivity contribution >= 4 is 23.3 Å². The number of amides is 1. The molecule has 0 aromatic carbocycles. The van der Waals surface area contributed by atoms with Gasteiger partial charge in [0.2, 0.25) is 5.78 Å². The number of carbonyl (C=O) groups excluding carboxylic acids is 4. The molecule has 32 heavy (non-hydrogen) atoms. The van der Waals surface area contributed by atoms with Crippen LogP contribution >= 0.6 is 0 Å². The fourth-order valence-corrected chi connectivity index (χ4v) is 5.19. The van der Waals surface area contributed by atoms with Crippen LogP contribution in [0.15, 0.2) is 70.0 Å². The van der Waals surface area contributed by atoms with Gasteiger partial charge in [-0.1, -0.05) is 12.7 Å². The summed E-state index contributed by atoms with van der Waals surface area (Å²) in [5.41, 5.74) is 2.79. The number of allylic oxidation sites excluding steroid dienone is 5. The Morgan fingerprint density at radius 1 is 1.28 bits per heavy atom. The molecule has 166 valence electrons. The molecule has 1 unspecified atom stereocenters. The van der Waals surface area contributed by atoms with Crippen molar-refractivity contribution in [3.05, 3.63) is 70.0 Å². The van der Waals surface area contributed by atoms with Crippen LogP contribution in [0.25, 0.3) is 0 Å². The maximum atomic E-state index is 13.4. The number of rotatable bonds is 3. The standard InChI is InChI=1S/C23H22N2O7/c1-3-12-13(25-4-2)7-10-5-9-6-11-8-14(26)17(22(24)31)21(30)23(11,32)20(29)16(9)19(28)15(10)18(12)27/h3-4,7,9,11,25,28,30,32H,2,5-6,8H2,1H3,(H2,24,31)/b12-3+/t9?,11-,23-/m0/s1. The minimum atomic E-state index is -2.58. The van der Waals surface area contributed by atoms with Gasteiger partial charge in [0.15, 0.2) is 17.2 Å². The number of carbonyl (C=O) groups is 4. The molecule has 9 heteroatoms. The molecule has 1 fully saturated rings. The van der Waals surface area contributed by atoms with Gasteiger partial charge in [-0.2, -0.15) is 0 Å². The Kier molecular flexibility index (Phi) is 4.82. The lowest BCUT2D eigenvalue weighted by Crippen LogP contribution is -2.58.